The second kappa shape index (κ2) is 7.33. The van der Waals surface area contributed by atoms with E-state index in [1.165, 1.54) is 14.2 Å². The molecule has 0 N–H and O–H groups in total. The highest BCUT2D eigenvalue weighted by atomic mass is 16.5. The Balaban J connectivity index is 2.64. The maximum atomic E-state index is 11.2. The van der Waals surface area contributed by atoms with Crippen molar-refractivity contribution in [3.05, 3.63) is 24.3 Å². The van der Waals surface area contributed by atoms with Gasteiger partial charge in [0.25, 0.3) is 0 Å². The van der Waals surface area contributed by atoms with Crippen LogP contribution in [0.3, 0.4) is 0 Å². The molecule has 0 amide bonds. The highest BCUT2D eigenvalue weighted by molar-refractivity contribution is 5.74. The molecule has 0 fully saturated rings. The molecule has 0 saturated carbocycles. The van der Waals surface area contributed by atoms with Gasteiger partial charge in [-0.25, -0.2) is 0 Å². The Kier molecular flexibility index (Phi) is 5.72. The van der Waals surface area contributed by atoms with Crippen molar-refractivity contribution in [3.63, 3.8) is 0 Å². The van der Waals surface area contributed by atoms with Crippen LogP contribution in [0.25, 0.3) is 0 Å². The Bertz CT molecular complexity index is 379. The van der Waals surface area contributed by atoms with Crippen molar-refractivity contribution >= 4 is 11.9 Å². The van der Waals surface area contributed by atoms with E-state index in [2.05, 4.69) is 19.4 Å². The minimum atomic E-state index is -0.428. The summed E-state index contributed by atoms with van der Waals surface area (Å²) in [7, 11) is 2.59. The molecule has 0 atom stereocenters. The standard InChI is InChI=1S/C11H15N3O4/c1-17-10(15)7-14(8-11(16)18-2)6-9-5-12-3-4-13-9/h3-5H,6-8H2,1-2H3. The number of esters is 2. The molecular formula is C11H15N3O4. The molecule has 0 unspecified atom stereocenters. The third kappa shape index (κ3) is 4.88. The fourth-order valence-electron chi connectivity index (χ4n) is 1.30. The zero-order valence-electron chi connectivity index (χ0n) is 10.3. The molecule has 1 rings (SSSR count). The van der Waals surface area contributed by atoms with Gasteiger partial charge in [-0.1, -0.05) is 0 Å². The van der Waals surface area contributed by atoms with Gasteiger partial charge in [-0.15, -0.1) is 0 Å². The Morgan fingerprint density at radius 3 is 2.22 bits per heavy atom. The zero-order chi connectivity index (χ0) is 13.4. The van der Waals surface area contributed by atoms with Crippen molar-refractivity contribution in [1.29, 1.82) is 0 Å². The molecule has 0 aromatic carbocycles. The molecule has 0 saturated heterocycles. The third-order valence-corrected chi connectivity index (χ3v) is 2.16. The van der Waals surface area contributed by atoms with E-state index in [-0.39, 0.29) is 13.1 Å². The SMILES string of the molecule is COC(=O)CN(CC(=O)OC)Cc1cnccn1. The van der Waals surface area contributed by atoms with Gasteiger partial charge in [0.15, 0.2) is 0 Å². The smallest absolute Gasteiger partial charge is 0.319 e. The summed E-state index contributed by atoms with van der Waals surface area (Å²) in [6.45, 7) is 0.294. The number of hydrogen-bond acceptors (Lipinski definition) is 7. The number of rotatable bonds is 6. The van der Waals surface area contributed by atoms with Crippen molar-refractivity contribution in [2.45, 2.75) is 6.54 Å². The molecule has 7 heteroatoms. The second-order valence-electron chi connectivity index (χ2n) is 3.49. The molecule has 1 aromatic rings. The van der Waals surface area contributed by atoms with E-state index < -0.39 is 11.9 Å². The van der Waals surface area contributed by atoms with Gasteiger partial charge in [0, 0.05) is 25.1 Å². The van der Waals surface area contributed by atoms with Crippen LogP contribution in [-0.4, -0.2) is 54.1 Å². The molecule has 0 aliphatic carbocycles. The lowest BCUT2D eigenvalue weighted by atomic mass is 10.3. The van der Waals surface area contributed by atoms with Gasteiger partial charge in [-0.3, -0.25) is 24.5 Å². The summed E-state index contributed by atoms with van der Waals surface area (Å²) in [4.78, 5) is 32.0. The van der Waals surface area contributed by atoms with Crippen molar-refractivity contribution in [2.24, 2.45) is 0 Å². The first-order valence-corrected chi connectivity index (χ1v) is 5.26. The van der Waals surface area contributed by atoms with Crippen molar-refractivity contribution in [1.82, 2.24) is 14.9 Å². The molecule has 98 valence electrons. The van der Waals surface area contributed by atoms with Crippen LogP contribution in [0.1, 0.15) is 5.69 Å². The van der Waals surface area contributed by atoms with Crippen LogP contribution in [0.4, 0.5) is 0 Å². The normalized spacial score (nSPS) is 10.2. The summed E-state index contributed by atoms with van der Waals surface area (Å²) in [5.74, 6) is -0.856. The zero-order valence-corrected chi connectivity index (χ0v) is 10.3. The summed E-state index contributed by atoms with van der Waals surface area (Å²) in [6.07, 6.45) is 4.67. The molecular weight excluding hydrogens is 238 g/mol. The quantitative estimate of drug-likeness (QED) is 0.639. The maximum absolute atomic E-state index is 11.2. The lowest BCUT2D eigenvalue weighted by Crippen LogP contribution is -2.35. The second-order valence-corrected chi connectivity index (χ2v) is 3.49. The summed E-state index contributed by atoms with van der Waals surface area (Å²) in [6, 6.07) is 0. The first kappa shape index (κ1) is 14.0. The van der Waals surface area contributed by atoms with E-state index in [0.29, 0.717) is 12.2 Å². The lowest BCUT2D eigenvalue weighted by Gasteiger charge is -2.18. The van der Waals surface area contributed by atoms with Gasteiger partial charge in [0.05, 0.1) is 33.0 Å². The van der Waals surface area contributed by atoms with E-state index in [1.807, 2.05) is 0 Å². The van der Waals surface area contributed by atoms with Gasteiger partial charge in [-0.05, 0) is 0 Å². The molecule has 0 aliphatic rings. The summed E-state index contributed by atoms with van der Waals surface area (Å²) >= 11 is 0. The average Bonchev–Trinajstić information content (AvgIpc) is 2.39. The molecule has 1 aromatic heterocycles. The molecule has 7 nitrogen and oxygen atoms in total. The number of carbonyl (C=O) groups is 2. The van der Waals surface area contributed by atoms with Crippen LogP contribution in [0.15, 0.2) is 18.6 Å². The number of carbonyl (C=O) groups excluding carboxylic acids is 2. The van der Waals surface area contributed by atoms with Crippen LogP contribution in [0.5, 0.6) is 0 Å². The van der Waals surface area contributed by atoms with Crippen LogP contribution >= 0.6 is 0 Å². The number of aromatic nitrogens is 2. The summed E-state index contributed by atoms with van der Waals surface area (Å²) in [5.41, 5.74) is 0.658. The van der Waals surface area contributed by atoms with Crippen LogP contribution in [0.2, 0.25) is 0 Å². The van der Waals surface area contributed by atoms with Gasteiger partial charge in [-0.2, -0.15) is 0 Å². The maximum Gasteiger partial charge on any atom is 0.319 e. The minimum Gasteiger partial charge on any atom is -0.468 e. The van der Waals surface area contributed by atoms with E-state index in [1.54, 1.807) is 23.5 Å². The molecule has 18 heavy (non-hydrogen) atoms. The van der Waals surface area contributed by atoms with E-state index in [9.17, 15) is 9.59 Å². The highest BCUT2D eigenvalue weighted by Gasteiger charge is 2.16. The molecule has 0 radical (unpaired) electrons. The number of nitrogens with zero attached hydrogens (tertiary/aromatic N) is 3. The monoisotopic (exact) mass is 253 g/mol. The Hall–Kier alpha value is -2.02. The highest BCUT2D eigenvalue weighted by Crippen LogP contribution is 2.00. The fourth-order valence-corrected chi connectivity index (χ4v) is 1.30. The molecule has 0 spiro atoms. The van der Waals surface area contributed by atoms with Crippen LogP contribution in [-0.2, 0) is 25.6 Å². The minimum absolute atomic E-state index is 0.0117. The predicted octanol–water partition coefficient (Wildman–Crippen LogP) is -0.375. The van der Waals surface area contributed by atoms with Crippen LogP contribution < -0.4 is 0 Å². The number of methoxy groups -OCH3 is 2. The number of hydrogen-bond donors (Lipinski definition) is 0. The molecule has 0 aliphatic heterocycles. The van der Waals surface area contributed by atoms with E-state index in [0.717, 1.165) is 0 Å². The Labute approximate surface area is 105 Å². The van der Waals surface area contributed by atoms with Gasteiger partial charge in [0.2, 0.25) is 0 Å². The largest absolute Gasteiger partial charge is 0.468 e. The van der Waals surface area contributed by atoms with Crippen molar-refractivity contribution in [2.75, 3.05) is 27.3 Å². The first-order valence-electron chi connectivity index (χ1n) is 5.26. The Morgan fingerprint density at radius 2 is 1.78 bits per heavy atom. The fraction of sp³-hybridized carbons (Fsp3) is 0.455. The van der Waals surface area contributed by atoms with E-state index in [4.69, 9.17) is 0 Å². The van der Waals surface area contributed by atoms with Gasteiger partial charge in [0.1, 0.15) is 0 Å². The van der Waals surface area contributed by atoms with E-state index >= 15 is 0 Å². The number of ether oxygens (including phenoxy) is 2. The summed E-state index contributed by atoms with van der Waals surface area (Å²) < 4.78 is 9.13. The Morgan fingerprint density at radius 1 is 1.17 bits per heavy atom. The summed E-state index contributed by atoms with van der Waals surface area (Å²) in [5, 5.41) is 0. The van der Waals surface area contributed by atoms with Gasteiger partial charge >= 0.3 is 11.9 Å². The lowest BCUT2D eigenvalue weighted by molar-refractivity contribution is -0.145. The topological polar surface area (TPSA) is 81.6 Å². The van der Waals surface area contributed by atoms with Crippen molar-refractivity contribution in [3.8, 4) is 0 Å². The average molecular weight is 253 g/mol. The van der Waals surface area contributed by atoms with Gasteiger partial charge < -0.3 is 9.47 Å². The first-order chi connectivity index (χ1) is 8.65. The van der Waals surface area contributed by atoms with Crippen LogP contribution in [0, 0.1) is 0 Å². The van der Waals surface area contributed by atoms with Crippen molar-refractivity contribution < 1.29 is 19.1 Å². The molecule has 0 bridgehead atoms. The predicted molar refractivity (Wildman–Crippen MR) is 61.3 cm³/mol. The third-order valence-electron chi connectivity index (χ3n) is 2.16. The molecule has 1 heterocycles.